The summed E-state index contributed by atoms with van der Waals surface area (Å²) in [4.78, 5) is 35.3. The van der Waals surface area contributed by atoms with Gasteiger partial charge in [-0.25, -0.2) is 4.57 Å². The van der Waals surface area contributed by atoms with Gasteiger partial charge in [-0.15, -0.1) is 0 Å². The van der Waals surface area contributed by atoms with Crippen molar-refractivity contribution in [1.29, 1.82) is 0 Å². The molecule has 83 heavy (non-hydrogen) atoms. The van der Waals surface area contributed by atoms with Crippen LogP contribution >= 0.6 is 7.82 Å². The number of esters is 2. The molecule has 9 nitrogen and oxygen atoms in total. The Hall–Kier alpha value is -4.11. The van der Waals surface area contributed by atoms with Crippen molar-refractivity contribution in [2.75, 3.05) is 26.4 Å². The molecule has 0 aliphatic carbocycles. The van der Waals surface area contributed by atoms with E-state index in [1.807, 2.05) is 0 Å². The summed E-state index contributed by atoms with van der Waals surface area (Å²) < 4.78 is 33.1. The Morgan fingerprint density at radius 1 is 0.373 bits per heavy atom. The zero-order valence-electron chi connectivity index (χ0n) is 52.9. The molecule has 0 heterocycles. The summed E-state index contributed by atoms with van der Waals surface area (Å²) in [6.07, 6.45) is 96.3. The van der Waals surface area contributed by atoms with E-state index in [4.69, 9.17) is 24.3 Å². The van der Waals surface area contributed by atoms with Gasteiger partial charge in [0.05, 0.1) is 13.2 Å². The molecule has 0 aromatic carbocycles. The van der Waals surface area contributed by atoms with Crippen LogP contribution in [0.1, 0.15) is 271 Å². The van der Waals surface area contributed by atoms with Gasteiger partial charge >= 0.3 is 19.8 Å². The maximum absolute atomic E-state index is 12.7. The van der Waals surface area contributed by atoms with E-state index in [1.165, 1.54) is 116 Å². The largest absolute Gasteiger partial charge is 0.472 e. The lowest BCUT2D eigenvalue weighted by molar-refractivity contribution is -0.161. The van der Waals surface area contributed by atoms with E-state index in [0.29, 0.717) is 6.42 Å². The Morgan fingerprint density at radius 3 is 1.00 bits per heavy atom. The molecule has 0 radical (unpaired) electrons. The molecule has 0 aromatic heterocycles. The molecule has 0 saturated carbocycles. The average molecular weight is 1170 g/mol. The average Bonchev–Trinajstić information content (AvgIpc) is 3.48. The number of phosphoric ester groups is 1. The minimum Gasteiger partial charge on any atom is -0.462 e. The first-order chi connectivity index (χ1) is 40.8. The topological polar surface area (TPSA) is 134 Å². The van der Waals surface area contributed by atoms with Crippen LogP contribution in [0.25, 0.3) is 0 Å². The molecule has 0 spiro atoms. The van der Waals surface area contributed by atoms with E-state index in [9.17, 15) is 19.0 Å². The number of carbonyl (C=O) groups is 2. The van der Waals surface area contributed by atoms with Gasteiger partial charge in [-0.1, -0.05) is 282 Å². The number of allylic oxidation sites excluding steroid dienone is 24. The summed E-state index contributed by atoms with van der Waals surface area (Å²) in [5, 5.41) is 0. The van der Waals surface area contributed by atoms with Gasteiger partial charge in [0.15, 0.2) is 6.10 Å². The van der Waals surface area contributed by atoms with Crippen LogP contribution in [0.4, 0.5) is 0 Å². The van der Waals surface area contributed by atoms with Gasteiger partial charge in [-0.2, -0.15) is 0 Å². The van der Waals surface area contributed by atoms with Crippen LogP contribution < -0.4 is 5.73 Å². The third-order valence-corrected chi connectivity index (χ3v) is 14.7. The fourth-order valence-corrected chi connectivity index (χ4v) is 9.58. The second-order valence-electron chi connectivity index (χ2n) is 21.6. The quantitative estimate of drug-likeness (QED) is 0.0264. The van der Waals surface area contributed by atoms with E-state index in [-0.39, 0.29) is 38.6 Å². The van der Waals surface area contributed by atoms with E-state index < -0.39 is 26.5 Å². The molecule has 0 aromatic rings. The third kappa shape index (κ3) is 66.9. The standard InChI is InChI=1S/C73H122NO8P/c1-3-5-7-9-11-13-15-17-19-21-23-25-27-28-29-30-31-32-33-34-35-36-37-38-39-40-41-42-44-46-48-50-52-54-56-58-60-62-64-66-73(76)82-71(70-81-83(77,78)80-68-67-74)69-79-72(75)65-63-61-59-57-55-53-51-49-47-45-43-26-24-22-20-18-16-14-12-10-8-6-4-2/h5,7,11,13,17,19,22-25,28-29,31-32,34-35,37-38,40-41,44,46,50,52,71H,3-4,6,8-10,12,14-16,18,20-21,26-27,30,33,36,39,42-43,45,47-49,51,53-70,74H2,1-2H3,(H,77,78)/b7-5-,13-11-,19-17-,24-22-,25-23-,29-28-,32-31-,35-34-,38-37-,41-40-,46-44-,52-50-. The molecule has 2 atom stereocenters. The second-order valence-corrected chi connectivity index (χ2v) is 23.1. The van der Waals surface area contributed by atoms with Crippen molar-refractivity contribution in [3.05, 3.63) is 146 Å². The highest BCUT2D eigenvalue weighted by Crippen LogP contribution is 2.43. The Bertz CT molecular complexity index is 1870. The van der Waals surface area contributed by atoms with Crippen LogP contribution in [-0.4, -0.2) is 49.3 Å². The Balaban J connectivity index is 4.03. The van der Waals surface area contributed by atoms with Crippen molar-refractivity contribution < 1.29 is 37.6 Å². The SMILES string of the molecule is CC/C=C\C/C=C\C/C=C\C/C=C\C/C=C\C/C=C\C/C=C\C/C=C\C/C=C\C/C=C\C/C=C\CCCCCCCC(=O)OC(COC(=O)CCCCCCCCCCCCC/C=C\CCCCCCCCCC)COP(=O)(O)OCCN. The van der Waals surface area contributed by atoms with Crippen LogP contribution in [0.2, 0.25) is 0 Å². The van der Waals surface area contributed by atoms with Crippen molar-refractivity contribution in [3.8, 4) is 0 Å². The lowest BCUT2D eigenvalue weighted by Crippen LogP contribution is -2.29. The maximum Gasteiger partial charge on any atom is 0.472 e. The molecule has 0 aliphatic rings. The number of nitrogens with two attached hydrogens (primary N) is 1. The summed E-state index contributed by atoms with van der Waals surface area (Å²) >= 11 is 0. The fourth-order valence-electron chi connectivity index (χ4n) is 8.81. The maximum atomic E-state index is 12.7. The van der Waals surface area contributed by atoms with Gasteiger partial charge in [0.1, 0.15) is 6.61 Å². The van der Waals surface area contributed by atoms with Crippen LogP contribution in [0, 0.1) is 0 Å². The molecular weight excluding hydrogens is 1050 g/mol. The molecule has 0 fully saturated rings. The first kappa shape index (κ1) is 78.9. The first-order valence-corrected chi connectivity index (χ1v) is 34.8. The molecule has 0 bridgehead atoms. The van der Waals surface area contributed by atoms with E-state index in [2.05, 4.69) is 160 Å². The van der Waals surface area contributed by atoms with Crippen LogP contribution in [0.5, 0.6) is 0 Å². The zero-order valence-corrected chi connectivity index (χ0v) is 53.8. The molecule has 472 valence electrons. The van der Waals surface area contributed by atoms with Gasteiger partial charge < -0.3 is 20.1 Å². The van der Waals surface area contributed by atoms with Gasteiger partial charge in [-0.05, 0) is 122 Å². The first-order valence-electron chi connectivity index (χ1n) is 33.3. The van der Waals surface area contributed by atoms with Gasteiger partial charge in [-0.3, -0.25) is 18.6 Å². The van der Waals surface area contributed by atoms with Crippen LogP contribution in [-0.2, 0) is 32.7 Å². The lowest BCUT2D eigenvalue weighted by atomic mass is 10.0. The lowest BCUT2D eigenvalue weighted by Gasteiger charge is -2.19. The van der Waals surface area contributed by atoms with E-state index in [1.54, 1.807) is 0 Å². The predicted octanol–water partition coefficient (Wildman–Crippen LogP) is 21.9. The van der Waals surface area contributed by atoms with Crippen LogP contribution in [0.15, 0.2) is 146 Å². The monoisotopic (exact) mass is 1170 g/mol. The second kappa shape index (κ2) is 67.0. The number of hydrogen-bond donors (Lipinski definition) is 2. The van der Waals surface area contributed by atoms with E-state index in [0.717, 1.165) is 122 Å². The summed E-state index contributed by atoms with van der Waals surface area (Å²) in [5.74, 6) is -0.855. The Kier molecular flexibility index (Phi) is 63.7. The molecule has 0 rings (SSSR count). The minimum atomic E-state index is -4.41. The normalized spacial score (nSPS) is 13.9. The molecule has 0 aliphatic heterocycles. The van der Waals surface area contributed by atoms with Gasteiger partial charge in [0.25, 0.3) is 0 Å². The Morgan fingerprint density at radius 2 is 0.663 bits per heavy atom. The molecule has 3 N–H and O–H groups in total. The highest BCUT2D eigenvalue weighted by Gasteiger charge is 2.26. The molecule has 10 heteroatoms. The Labute approximate surface area is 509 Å². The summed E-state index contributed by atoms with van der Waals surface area (Å²) in [6.45, 7) is 3.61. The summed E-state index contributed by atoms with van der Waals surface area (Å²) in [7, 11) is -4.41. The number of unbranched alkanes of at least 4 members (excludes halogenated alkanes) is 24. The number of carbonyl (C=O) groups excluding carboxylic acids is 2. The number of phosphoric acid groups is 1. The molecule has 0 saturated heterocycles. The zero-order chi connectivity index (χ0) is 60.1. The van der Waals surface area contributed by atoms with Gasteiger partial charge in [0, 0.05) is 19.4 Å². The third-order valence-electron chi connectivity index (χ3n) is 13.7. The molecular formula is C73H122NO8P. The van der Waals surface area contributed by atoms with Crippen molar-refractivity contribution in [3.63, 3.8) is 0 Å². The number of hydrogen-bond acceptors (Lipinski definition) is 8. The van der Waals surface area contributed by atoms with E-state index >= 15 is 0 Å². The van der Waals surface area contributed by atoms with Crippen molar-refractivity contribution in [1.82, 2.24) is 0 Å². The molecule has 2 unspecified atom stereocenters. The number of ether oxygens (including phenoxy) is 2. The smallest absolute Gasteiger partial charge is 0.462 e. The summed E-state index contributed by atoms with van der Waals surface area (Å²) in [6, 6.07) is 0. The van der Waals surface area contributed by atoms with Crippen molar-refractivity contribution >= 4 is 19.8 Å². The van der Waals surface area contributed by atoms with Gasteiger partial charge in [0.2, 0.25) is 0 Å². The molecule has 0 amide bonds. The minimum absolute atomic E-state index is 0.0432. The van der Waals surface area contributed by atoms with Crippen LogP contribution in [0.3, 0.4) is 0 Å². The highest BCUT2D eigenvalue weighted by atomic mass is 31.2. The fraction of sp³-hybridized carbons (Fsp3) is 0.644. The highest BCUT2D eigenvalue weighted by molar-refractivity contribution is 7.47. The number of rotatable bonds is 61. The van der Waals surface area contributed by atoms with Crippen molar-refractivity contribution in [2.45, 2.75) is 277 Å². The predicted molar refractivity (Wildman–Crippen MR) is 357 cm³/mol. The summed E-state index contributed by atoms with van der Waals surface area (Å²) in [5.41, 5.74) is 5.39. The van der Waals surface area contributed by atoms with Crippen molar-refractivity contribution in [2.24, 2.45) is 5.73 Å².